The maximum Gasteiger partial charge on any atom is 0.310 e. The molecule has 1 heterocycles. The summed E-state index contributed by atoms with van der Waals surface area (Å²) in [6.45, 7) is 8.59. The van der Waals surface area contributed by atoms with Gasteiger partial charge in [-0.1, -0.05) is 23.8 Å². The number of aryl methyl sites for hydroxylation is 2. The molecular weight excluding hydrogens is 238 g/mol. The van der Waals surface area contributed by atoms with E-state index in [4.69, 9.17) is 0 Å². The van der Waals surface area contributed by atoms with Crippen molar-refractivity contribution in [2.24, 2.45) is 5.41 Å². The van der Waals surface area contributed by atoms with Crippen LogP contribution in [0.2, 0.25) is 0 Å². The zero-order valence-electron chi connectivity index (χ0n) is 12.1. The van der Waals surface area contributed by atoms with Gasteiger partial charge < -0.3 is 5.11 Å². The average molecular weight is 261 g/mol. The molecule has 1 N–H and O–H groups in total. The molecule has 1 atom stereocenters. The Morgan fingerprint density at radius 2 is 2.16 bits per heavy atom. The van der Waals surface area contributed by atoms with Gasteiger partial charge in [0.05, 0.1) is 5.41 Å². The van der Waals surface area contributed by atoms with Gasteiger partial charge in [0.25, 0.3) is 0 Å². The molecule has 1 saturated heterocycles. The molecule has 0 bridgehead atoms. The van der Waals surface area contributed by atoms with Crippen LogP contribution in [0.4, 0.5) is 0 Å². The van der Waals surface area contributed by atoms with Crippen molar-refractivity contribution in [2.75, 3.05) is 13.1 Å². The summed E-state index contributed by atoms with van der Waals surface area (Å²) >= 11 is 0. The first kappa shape index (κ1) is 14.1. The van der Waals surface area contributed by atoms with E-state index in [1.54, 1.807) is 0 Å². The highest BCUT2D eigenvalue weighted by atomic mass is 16.4. The van der Waals surface area contributed by atoms with E-state index >= 15 is 0 Å². The molecule has 0 saturated carbocycles. The zero-order valence-corrected chi connectivity index (χ0v) is 12.1. The molecule has 1 aromatic carbocycles. The summed E-state index contributed by atoms with van der Waals surface area (Å²) in [6, 6.07) is 6.48. The van der Waals surface area contributed by atoms with Crippen molar-refractivity contribution in [1.29, 1.82) is 0 Å². The highest BCUT2D eigenvalue weighted by Gasteiger charge is 2.37. The number of hydrogen-bond donors (Lipinski definition) is 1. The average Bonchev–Trinajstić information content (AvgIpc) is 2.33. The molecule has 0 aromatic heterocycles. The summed E-state index contributed by atoms with van der Waals surface area (Å²) in [5, 5.41) is 9.35. The molecule has 3 heteroatoms. The Kier molecular flexibility index (Phi) is 3.95. The molecule has 2 rings (SSSR count). The van der Waals surface area contributed by atoms with Gasteiger partial charge in [0.1, 0.15) is 0 Å². The summed E-state index contributed by atoms with van der Waals surface area (Å²) in [5.41, 5.74) is 3.29. The lowest BCUT2D eigenvalue weighted by Crippen LogP contribution is -2.45. The SMILES string of the molecule is Cc1ccc(CN2CCCC(C)(C(=O)O)C2)c(C)c1. The van der Waals surface area contributed by atoms with E-state index < -0.39 is 11.4 Å². The van der Waals surface area contributed by atoms with E-state index in [0.717, 1.165) is 25.9 Å². The third-order valence-corrected chi connectivity index (χ3v) is 4.18. The number of rotatable bonds is 3. The Bertz CT molecular complexity index is 484. The Morgan fingerprint density at radius 3 is 2.79 bits per heavy atom. The van der Waals surface area contributed by atoms with Crippen molar-refractivity contribution in [3.8, 4) is 0 Å². The van der Waals surface area contributed by atoms with Crippen LogP contribution in [0.25, 0.3) is 0 Å². The first-order chi connectivity index (χ1) is 8.90. The second-order valence-electron chi connectivity index (χ2n) is 6.11. The molecule has 0 aliphatic carbocycles. The molecule has 1 unspecified atom stereocenters. The topological polar surface area (TPSA) is 40.5 Å². The third kappa shape index (κ3) is 3.16. The van der Waals surface area contributed by atoms with Gasteiger partial charge in [0.15, 0.2) is 0 Å². The molecular formula is C16H23NO2. The van der Waals surface area contributed by atoms with E-state index in [2.05, 4.69) is 36.9 Å². The first-order valence-electron chi connectivity index (χ1n) is 6.93. The Hall–Kier alpha value is -1.35. The number of carboxylic acid groups (broad SMARTS) is 1. The maximum absolute atomic E-state index is 11.4. The molecule has 0 spiro atoms. The second kappa shape index (κ2) is 5.33. The van der Waals surface area contributed by atoms with Crippen molar-refractivity contribution in [3.05, 3.63) is 34.9 Å². The fraction of sp³-hybridized carbons (Fsp3) is 0.562. The molecule has 0 amide bonds. The summed E-state index contributed by atoms with van der Waals surface area (Å²) in [7, 11) is 0. The van der Waals surface area contributed by atoms with Gasteiger partial charge in [-0.05, 0) is 51.3 Å². The van der Waals surface area contributed by atoms with Crippen molar-refractivity contribution in [3.63, 3.8) is 0 Å². The van der Waals surface area contributed by atoms with Crippen LogP contribution in [0.15, 0.2) is 18.2 Å². The summed E-state index contributed by atoms with van der Waals surface area (Å²) < 4.78 is 0. The van der Waals surface area contributed by atoms with Gasteiger partial charge in [0, 0.05) is 13.1 Å². The van der Waals surface area contributed by atoms with E-state index in [-0.39, 0.29) is 0 Å². The minimum Gasteiger partial charge on any atom is -0.481 e. The molecule has 1 fully saturated rings. The monoisotopic (exact) mass is 261 g/mol. The lowest BCUT2D eigenvalue weighted by Gasteiger charge is -2.37. The minimum absolute atomic E-state index is 0.586. The van der Waals surface area contributed by atoms with Gasteiger partial charge in [0.2, 0.25) is 0 Å². The van der Waals surface area contributed by atoms with Crippen molar-refractivity contribution in [2.45, 2.75) is 40.2 Å². The van der Waals surface area contributed by atoms with E-state index in [9.17, 15) is 9.90 Å². The van der Waals surface area contributed by atoms with Gasteiger partial charge in [-0.3, -0.25) is 9.69 Å². The fourth-order valence-corrected chi connectivity index (χ4v) is 2.92. The van der Waals surface area contributed by atoms with Crippen LogP contribution >= 0.6 is 0 Å². The van der Waals surface area contributed by atoms with Gasteiger partial charge >= 0.3 is 5.97 Å². The van der Waals surface area contributed by atoms with Crippen LogP contribution in [0.5, 0.6) is 0 Å². The molecule has 1 aliphatic rings. The standard InChI is InChI=1S/C16H23NO2/c1-12-5-6-14(13(2)9-12)10-17-8-4-7-16(3,11-17)15(18)19/h5-6,9H,4,7-8,10-11H2,1-3H3,(H,18,19). The number of nitrogens with zero attached hydrogens (tertiary/aromatic N) is 1. The van der Waals surface area contributed by atoms with Crippen LogP contribution in [0.1, 0.15) is 36.5 Å². The number of carboxylic acids is 1. The summed E-state index contributed by atoms with van der Waals surface area (Å²) in [5.74, 6) is -0.669. The lowest BCUT2D eigenvalue weighted by atomic mass is 9.82. The Balaban J connectivity index is 2.09. The van der Waals surface area contributed by atoms with Gasteiger partial charge in [-0.25, -0.2) is 0 Å². The molecule has 104 valence electrons. The fourth-order valence-electron chi connectivity index (χ4n) is 2.92. The lowest BCUT2D eigenvalue weighted by molar-refractivity contribution is -0.151. The van der Waals surface area contributed by atoms with Crippen molar-refractivity contribution in [1.82, 2.24) is 4.90 Å². The second-order valence-corrected chi connectivity index (χ2v) is 6.11. The van der Waals surface area contributed by atoms with Gasteiger partial charge in [-0.15, -0.1) is 0 Å². The minimum atomic E-state index is -0.669. The van der Waals surface area contributed by atoms with E-state index in [0.29, 0.717) is 6.54 Å². The number of aliphatic carboxylic acids is 1. The predicted octanol–water partition coefficient (Wildman–Crippen LogP) is 2.99. The van der Waals surface area contributed by atoms with Gasteiger partial charge in [-0.2, -0.15) is 0 Å². The highest BCUT2D eigenvalue weighted by molar-refractivity contribution is 5.74. The molecule has 19 heavy (non-hydrogen) atoms. The van der Waals surface area contributed by atoms with E-state index in [1.165, 1.54) is 16.7 Å². The smallest absolute Gasteiger partial charge is 0.310 e. The van der Waals surface area contributed by atoms with Crippen LogP contribution in [0, 0.1) is 19.3 Å². The Labute approximate surface area is 115 Å². The molecule has 1 aliphatic heterocycles. The number of benzene rings is 1. The number of piperidine rings is 1. The normalized spacial score (nSPS) is 24.4. The van der Waals surface area contributed by atoms with E-state index in [1.807, 2.05) is 6.92 Å². The molecule has 0 radical (unpaired) electrons. The highest BCUT2D eigenvalue weighted by Crippen LogP contribution is 2.30. The predicted molar refractivity (Wildman–Crippen MR) is 76.2 cm³/mol. The molecule has 3 nitrogen and oxygen atoms in total. The number of hydrogen-bond acceptors (Lipinski definition) is 2. The van der Waals surface area contributed by atoms with Crippen LogP contribution in [0.3, 0.4) is 0 Å². The Morgan fingerprint density at radius 1 is 1.42 bits per heavy atom. The van der Waals surface area contributed by atoms with Crippen LogP contribution in [-0.2, 0) is 11.3 Å². The quantitative estimate of drug-likeness (QED) is 0.909. The van der Waals surface area contributed by atoms with Crippen LogP contribution < -0.4 is 0 Å². The van der Waals surface area contributed by atoms with Crippen LogP contribution in [-0.4, -0.2) is 29.1 Å². The number of carbonyl (C=O) groups is 1. The van der Waals surface area contributed by atoms with Crippen molar-refractivity contribution < 1.29 is 9.90 Å². The summed E-state index contributed by atoms with van der Waals surface area (Å²) in [4.78, 5) is 13.6. The first-order valence-corrected chi connectivity index (χ1v) is 6.93. The number of likely N-dealkylation sites (tertiary alicyclic amines) is 1. The molecule has 1 aromatic rings. The van der Waals surface area contributed by atoms with Crippen molar-refractivity contribution >= 4 is 5.97 Å². The zero-order chi connectivity index (χ0) is 14.0. The maximum atomic E-state index is 11.4. The largest absolute Gasteiger partial charge is 0.481 e. The summed E-state index contributed by atoms with van der Waals surface area (Å²) in [6.07, 6.45) is 1.75. The third-order valence-electron chi connectivity index (χ3n) is 4.18.